The van der Waals surface area contributed by atoms with Gasteiger partial charge in [-0.1, -0.05) is 12.1 Å². The summed E-state index contributed by atoms with van der Waals surface area (Å²) in [6.07, 6.45) is 1.70. The van der Waals surface area contributed by atoms with Gasteiger partial charge in [0.15, 0.2) is 0 Å². The van der Waals surface area contributed by atoms with E-state index in [9.17, 15) is 9.18 Å². The van der Waals surface area contributed by atoms with Gasteiger partial charge in [0, 0.05) is 25.9 Å². The molecule has 1 amide bonds. The van der Waals surface area contributed by atoms with Gasteiger partial charge in [0.25, 0.3) is 5.91 Å². The maximum atomic E-state index is 13.0. The van der Waals surface area contributed by atoms with E-state index >= 15 is 0 Å². The molecule has 2 aromatic carbocycles. The zero-order valence-electron chi connectivity index (χ0n) is 16.1. The van der Waals surface area contributed by atoms with Crippen molar-refractivity contribution >= 4 is 5.91 Å². The second-order valence-corrected chi connectivity index (χ2v) is 6.29. The predicted octanol–water partition coefficient (Wildman–Crippen LogP) is 3.39. The molecule has 1 heterocycles. The molecule has 7 heteroatoms. The molecule has 0 fully saturated rings. The van der Waals surface area contributed by atoms with Crippen LogP contribution in [0.25, 0.3) is 11.3 Å². The van der Waals surface area contributed by atoms with Crippen molar-refractivity contribution in [2.75, 3.05) is 27.3 Å². The van der Waals surface area contributed by atoms with Crippen LogP contribution in [0.2, 0.25) is 0 Å². The Labute approximate surface area is 163 Å². The zero-order valence-corrected chi connectivity index (χ0v) is 16.1. The summed E-state index contributed by atoms with van der Waals surface area (Å²) in [6, 6.07) is 13.2. The number of hydrogen-bond acceptors (Lipinski definition) is 4. The molecule has 28 heavy (non-hydrogen) atoms. The molecular weight excluding hydrogens is 361 g/mol. The van der Waals surface area contributed by atoms with E-state index in [1.54, 1.807) is 49.1 Å². The second kappa shape index (κ2) is 8.56. The molecule has 0 saturated heterocycles. The molecule has 0 bridgehead atoms. The van der Waals surface area contributed by atoms with Crippen LogP contribution in [0, 0.1) is 5.82 Å². The molecule has 1 aromatic heterocycles. The number of amides is 1. The number of aromatic nitrogens is 2. The van der Waals surface area contributed by atoms with E-state index in [4.69, 9.17) is 9.47 Å². The third kappa shape index (κ3) is 4.31. The maximum absolute atomic E-state index is 13.0. The molecule has 0 saturated carbocycles. The van der Waals surface area contributed by atoms with Crippen LogP contribution in [-0.4, -0.2) is 47.9 Å². The van der Waals surface area contributed by atoms with Gasteiger partial charge in [-0.15, -0.1) is 0 Å². The number of carbonyl (C=O) groups excluding carboxylic acids is 1. The smallest absolute Gasteiger partial charge is 0.257 e. The first-order valence-corrected chi connectivity index (χ1v) is 8.80. The van der Waals surface area contributed by atoms with Crippen molar-refractivity contribution in [3.8, 4) is 22.8 Å². The van der Waals surface area contributed by atoms with Crippen LogP contribution in [0.1, 0.15) is 10.4 Å². The van der Waals surface area contributed by atoms with Crippen LogP contribution in [0.3, 0.4) is 0 Å². The van der Waals surface area contributed by atoms with E-state index in [2.05, 4.69) is 5.10 Å². The van der Waals surface area contributed by atoms with Gasteiger partial charge < -0.3 is 14.4 Å². The van der Waals surface area contributed by atoms with Gasteiger partial charge in [0.1, 0.15) is 29.6 Å². The van der Waals surface area contributed by atoms with Crippen LogP contribution in [-0.2, 0) is 7.05 Å². The highest BCUT2D eigenvalue weighted by molar-refractivity contribution is 6.00. The standard InChI is InChI=1S/C21H22FN3O3/c1-24(12-13-28-16-10-8-15(22)9-11-16)21(26)18-14-25(2)23-20(18)17-6-4-5-7-19(17)27-3/h4-11,14H,12-13H2,1-3H3. The van der Waals surface area contributed by atoms with Gasteiger partial charge >= 0.3 is 0 Å². The van der Waals surface area contributed by atoms with Gasteiger partial charge in [-0.2, -0.15) is 5.10 Å². The first kappa shape index (κ1) is 19.4. The lowest BCUT2D eigenvalue weighted by Crippen LogP contribution is -2.31. The molecule has 0 aliphatic carbocycles. The summed E-state index contributed by atoms with van der Waals surface area (Å²) in [5, 5.41) is 4.45. The molecule has 0 N–H and O–H groups in total. The fourth-order valence-electron chi connectivity index (χ4n) is 2.82. The van der Waals surface area contributed by atoms with Gasteiger partial charge in [-0.05, 0) is 36.4 Å². The molecule has 6 nitrogen and oxygen atoms in total. The lowest BCUT2D eigenvalue weighted by Gasteiger charge is -2.17. The number of ether oxygens (including phenoxy) is 2. The van der Waals surface area contributed by atoms with Crippen molar-refractivity contribution in [1.82, 2.24) is 14.7 Å². The fraction of sp³-hybridized carbons (Fsp3) is 0.238. The molecule has 3 aromatic rings. The minimum Gasteiger partial charge on any atom is -0.496 e. The number of nitrogens with zero attached hydrogens (tertiary/aromatic N) is 3. The molecule has 0 radical (unpaired) electrons. The number of aryl methyl sites for hydroxylation is 1. The molecule has 0 spiro atoms. The van der Waals surface area contributed by atoms with Crippen molar-refractivity contribution in [2.45, 2.75) is 0 Å². The van der Waals surface area contributed by atoms with E-state index in [1.165, 1.54) is 12.1 Å². The number of methoxy groups -OCH3 is 1. The SMILES string of the molecule is COc1ccccc1-c1nn(C)cc1C(=O)N(C)CCOc1ccc(F)cc1. The molecule has 0 atom stereocenters. The number of rotatable bonds is 7. The molecule has 0 aliphatic rings. The van der Waals surface area contributed by atoms with Crippen LogP contribution < -0.4 is 9.47 Å². The van der Waals surface area contributed by atoms with Crippen molar-refractivity contribution in [2.24, 2.45) is 7.05 Å². The number of likely N-dealkylation sites (N-methyl/N-ethyl adjacent to an activating group) is 1. The molecule has 0 unspecified atom stereocenters. The highest BCUT2D eigenvalue weighted by Gasteiger charge is 2.22. The van der Waals surface area contributed by atoms with Crippen molar-refractivity contribution in [3.05, 3.63) is 66.1 Å². The number of carbonyl (C=O) groups is 1. The van der Waals surface area contributed by atoms with Crippen molar-refractivity contribution in [1.29, 1.82) is 0 Å². The average Bonchev–Trinajstić information content (AvgIpc) is 3.10. The summed E-state index contributed by atoms with van der Waals surface area (Å²) in [7, 11) is 5.06. The van der Waals surface area contributed by atoms with Crippen molar-refractivity contribution < 1.29 is 18.7 Å². The lowest BCUT2D eigenvalue weighted by molar-refractivity contribution is 0.0774. The van der Waals surface area contributed by atoms with E-state index in [-0.39, 0.29) is 18.3 Å². The van der Waals surface area contributed by atoms with E-state index in [0.717, 1.165) is 5.56 Å². The summed E-state index contributed by atoms with van der Waals surface area (Å²) < 4.78 is 25.5. The minimum atomic E-state index is -0.319. The summed E-state index contributed by atoms with van der Waals surface area (Å²) in [4.78, 5) is 14.5. The van der Waals surface area contributed by atoms with Crippen LogP contribution >= 0.6 is 0 Å². The normalized spacial score (nSPS) is 10.6. The molecule has 0 aliphatic heterocycles. The number of para-hydroxylation sites is 1. The lowest BCUT2D eigenvalue weighted by atomic mass is 10.1. The second-order valence-electron chi connectivity index (χ2n) is 6.29. The highest BCUT2D eigenvalue weighted by atomic mass is 19.1. The Morgan fingerprint density at radius 3 is 2.61 bits per heavy atom. The summed E-state index contributed by atoms with van der Waals surface area (Å²) in [6.45, 7) is 0.661. The van der Waals surface area contributed by atoms with Gasteiger partial charge in [-0.3, -0.25) is 9.48 Å². The third-order valence-electron chi connectivity index (χ3n) is 4.28. The molecule has 3 rings (SSSR count). The maximum Gasteiger partial charge on any atom is 0.257 e. The quantitative estimate of drug-likeness (QED) is 0.628. The van der Waals surface area contributed by atoms with E-state index in [1.807, 2.05) is 24.3 Å². The summed E-state index contributed by atoms with van der Waals surface area (Å²) >= 11 is 0. The highest BCUT2D eigenvalue weighted by Crippen LogP contribution is 2.31. The summed E-state index contributed by atoms with van der Waals surface area (Å²) in [5.41, 5.74) is 1.80. The predicted molar refractivity (Wildman–Crippen MR) is 104 cm³/mol. The van der Waals surface area contributed by atoms with Crippen LogP contribution in [0.5, 0.6) is 11.5 Å². The van der Waals surface area contributed by atoms with Gasteiger partial charge in [0.2, 0.25) is 0 Å². The topological polar surface area (TPSA) is 56.6 Å². The fourth-order valence-corrected chi connectivity index (χ4v) is 2.82. The summed E-state index contributed by atoms with van der Waals surface area (Å²) in [5.74, 6) is 0.715. The van der Waals surface area contributed by atoms with Crippen molar-refractivity contribution in [3.63, 3.8) is 0 Å². The first-order chi connectivity index (χ1) is 13.5. The first-order valence-electron chi connectivity index (χ1n) is 8.80. The van der Waals surface area contributed by atoms with E-state index in [0.29, 0.717) is 29.3 Å². The zero-order chi connectivity index (χ0) is 20.1. The number of halogens is 1. The Kier molecular flexibility index (Phi) is 5.93. The third-order valence-corrected chi connectivity index (χ3v) is 4.28. The Bertz CT molecular complexity index is 954. The minimum absolute atomic E-state index is 0.170. The molecule has 146 valence electrons. The average molecular weight is 383 g/mol. The monoisotopic (exact) mass is 383 g/mol. The Hall–Kier alpha value is -3.35. The Balaban J connectivity index is 1.72. The van der Waals surface area contributed by atoms with Gasteiger partial charge in [0.05, 0.1) is 19.2 Å². The largest absolute Gasteiger partial charge is 0.496 e. The Morgan fingerprint density at radius 1 is 1.18 bits per heavy atom. The number of hydrogen-bond donors (Lipinski definition) is 0. The van der Waals surface area contributed by atoms with Crippen LogP contribution in [0.15, 0.2) is 54.7 Å². The number of benzene rings is 2. The van der Waals surface area contributed by atoms with Gasteiger partial charge in [-0.25, -0.2) is 4.39 Å². The van der Waals surface area contributed by atoms with Crippen LogP contribution in [0.4, 0.5) is 4.39 Å². The Morgan fingerprint density at radius 2 is 1.89 bits per heavy atom. The molecular formula is C21H22FN3O3. The van der Waals surface area contributed by atoms with E-state index < -0.39 is 0 Å².